The zero-order valence-corrected chi connectivity index (χ0v) is 11.1. The molecule has 0 fully saturated rings. The van der Waals surface area contributed by atoms with Crippen LogP contribution < -0.4 is 5.73 Å². The molecule has 0 spiro atoms. The maximum atomic E-state index is 6.06. The van der Waals surface area contributed by atoms with Crippen molar-refractivity contribution in [2.24, 2.45) is 5.73 Å². The summed E-state index contributed by atoms with van der Waals surface area (Å²) in [6, 6.07) is 8.30. The first-order valence-electron chi connectivity index (χ1n) is 6.54. The van der Waals surface area contributed by atoms with Crippen LogP contribution in [0.1, 0.15) is 19.5 Å². The van der Waals surface area contributed by atoms with Crippen LogP contribution in [-0.2, 0) is 17.7 Å². The molecule has 4 nitrogen and oxygen atoms in total. The number of aromatic nitrogens is 2. The van der Waals surface area contributed by atoms with Crippen molar-refractivity contribution < 1.29 is 4.74 Å². The predicted molar refractivity (Wildman–Crippen MR) is 73.6 cm³/mol. The molecule has 0 saturated heterocycles. The molecule has 18 heavy (non-hydrogen) atoms. The standard InChI is InChI=1S/C14H21N3O/c1-3-17-14-8-6-5-7-12(14)13(16-17)9-11(15)10-18-4-2/h5-8,11H,3-4,9-10,15H2,1-2H3. The fourth-order valence-electron chi connectivity index (χ4n) is 2.16. The number of nitrogens with two attached hydrogens (primary N) is 1. The van der Waals surface area contributed by atoms with Gasteiger partial charge in [0.1, 0.15) is 0 Å². The van der Waals surface area contributed by atoms with Gasteiger partial charge < -0.3 is 10.5 Å². The number of fused-ring (bicyclic) bond motifs is 1. The number of para-hydroxylation sites is 1. The Kier molecular flexibility index (Phi) is 4.33. The summed E-state index contributed by atoms with van der Waals surface area (Å²) in [7, 11) is 0. The molecule has 2 N–H and O–H groups in total. The topological polar surface area (TPSA) is 53.1 Å². The smallest absolute Gasteiger partial charge is 0.0719 e. The van der Waals surface area contributed by atoms with Crippen molar-refractivity contribution in [3.05, 3.63) is 30.0 Å². The summed E-state index contributed by atoms with van der Waals surface area (Å²) < 4.78 is 7.38. The first-order valence-corrected chi connectivity index (χ1v) is 6.54. The Balaban J connectivity index is 2.22. The van der Waals surface area contributed by atoms with Gasteiger partial charge in [-0.1, -0.05) is 18.2 Å². The molecule has 1 atom stereocenters. The van der Waals surface area contributed by atoms with Crippen LogP contribution in [0.3, 0.4) is 0 Å². The minimum Gasteiger partial charge on any atom is -0.380 e. The predicted octanol–water partition coefficient (Wildman–Crippen LogP) is 1.96. The Morgan fingerprint density at radius 2 is 2.11 bits per heavy atom. The van der Waals surface area contributed by atoms with Gasteiger partial charge in [-0.15, -0.1) is 0 Å². The number of benzene rings is 1. The summed E-state index contributed by atoms with van der Waals surface area (Å²) in [5.74, 6) is 0. The number of ether oxygens (including phenoxy) is 1. The Hall–Kier alpha value is -1.39. The van der Waals surface area contributed by atoms with Gasteiger partial charge in [-0.2, -0.15) is 5.10 Å². The van der Waals surface area contributed by atoms with Crippen molar-refractivity contribution in [3.8, 4) is 0 Å². The molecule has 0 radical (unpaired) electrons. The highest BCUT2D eigenvalue weighted by Gasteiger charge is 2.12. The average Bonchev–Trinajstić information content (AvgIpc) is 2.75. The van der Waals surface area contributed by atoms with Crippen LogP contribution in [0.25, 0.3) is 10.9 Å². The average molecular weight is 247 g/mol. The third-order valence-corrected chi connectivity index (χ3v) is 3.03. The molecule has 1 heterocycles. The van der Waals surface area contributed by atoms with Gasteiger partial charge in [0.25, 0.3) is 0 Å². The van der Waals surface area contributed by atoms with E-state index in [1.54, 1.807) is 0 Å². The van der Waals surface area contributed by atoms with Gasteiger partial charge >= 0.3 is 0 Å². The highest BCUT2D eigenvalue weighted by molar-refractivity contribution is 5.82. The minimum absolute atomic E-state index is 0.00793. The summed E-state index contributed by atoms with van der Waals surface area (Å²) in [6.07, 6.45) is 0.757. The Bertz CT molecular complexity index is 507. The van der Waals surface area contributed by atoms with Crippen LogP contribution in [0.2, 0.25) is 0 Å². The molecule has 0 aliphatic heterocycles. The van der Waals surface area contributed by atoms with E-state index in [1.807, 2.05) is 23.7 Å². The zero-order valence-electron chi connectivity index (χ0n) is 11.1. The summed E-state index contributed by atoms with van der Waals surface area (Å²) in [4.78, 5) is 0. The monoisotopic (exact) mass is 247 g/mol. The molecule has 2 aromatic rings. The van der Waals surface area contributed by atoms with E-state index in [0.717, 1.165) is 18.7 Å². The largest absolute Gasteiger partial charge is 0.380 e. The molecule has 2 rings (SSSR count). The molecule has 1 unspecified atom stereocenters. The maximum absolute atomic E-state index is 6.06. The van der Waals surface area contributed by atoms with Gasteiger partial charge in [-0.3, -0.25) is 4.68 Å². The second kappa shape index (κ2) is 5.98. The van der Waals surface area contributed by atoms with E-state index in [9.17, 15) is 0 Å². The van der Waals surface area contributed by atoms with Crippen molar-refractivity contribution in [2.75, 3.05) is 13.2 Å². The Labute approximate surface area is 108 Å². The van der Waals surface area contributed by atoms with Crippen molar-refractivity contribution in [1.29, 1.82) is 0 Å². The van der Waals surface area contributed by atoms with Crippen LogP contribution in [-0.4, -0.2) is 29.0 Å². The van der Waals surface area contributed by atoms with E-state index >= 15 is 0 Å². The highest BCUT2D eigenvalue weighted by atomic mass is 16.5. The second-order valence-corrected chi connectivity index (χ2v) is 4.40. The fourth-order valence-corrected chi connectivity index (χ4v) is 2.16. The maximum Gasteiger partial charge on any atom is 0.0719 e. The van der Waals surface area contributed by atoms with Gasteiger partial charge in [-0.05, 0) is 19.9 Å². The van der Waals surface area contributed by atoms with Crippen molar-refractivity contribution in [3.63, 3.8) is 0 Å². The lowest BCUT2D eigenvalue weighted by Gasteiger charge is -2.09. The van der Waals surface area contributed by atoms with E-state index in [4.69, 9.17) is 10.5 Å². The highest BCUT2D eigenvalue weighted by Crippen LogP contribution is 2.19. The summed E-state index contributed by atoms with van der Waals surface area (Å²) >= 11 is 0. The van der Waals surface area contributed by atoms with E-state index < -0.39 is 0 Å². The molecular weight excluding hydrogens is 226 g/mol. The molecule has 0 saturated carbocycles. The minimum atomic E-state index is 0.00793. The van der Waals surface area contributed by atoms with E-state index in [2.05, 4.69) is 24.2 Å². The summed E-state index contributed by atoms with van der Waals surface area (Å²) in [6.45, 7) is 6.25. The number of hydrogen-bond donors (Lipinski definition) is 1. The molecular formula is C14H21N3O. The molecule has 0 aliphatic carbocycles. The van der Waals surface area contributed by atoms with Crippen LogP contribution in [0.5, 0.6) is 0 Å². The first-order chi connectivity index (χ1) is 8.76. The quantitative estimate of drug-likeness (QED) is 0.849. The normalized spacial score (nSPS) is 13.1. The van der Waals surface area contributed by atoms with Gasteiger partial charge in [0, 0.05) is 31.0 Å². The molecule has 1 aromatic heterocycles. The molecule has 0 amide bonds. The SMILES string of the molecule is CCOCC(N)Cc1nn(CC)c2ccccc12. The Morgan fingerprint density at radius 3 is 2.83 bits per heavy atom. The Morgan fingerprint density at radius 1 is 1.33 bits per heavy atom. The molecule has 4 heteroatoms. The second-order valence-electron chi connectivity index (χ2n) is 4.40. The summed E-state index contributed by atoms with van der Waals surface area (Å²) in [5, 5.41) is 5.84. The molecule has 98 valence electrons. The first kappa shape index (κ1) is 13.1. The van der Waals surface area contributed by atoms with E-state index in [0.29, 0.717) is 13.2 Å². The van der Waals surface area contributed by atoms with Gasteiger partial charge in [0.05, 0.1) is 17.8 Å². The van der Waals surface area contributed by atoms with Crippen LogP contribution in [0.4, 0.5) is 0 Å². The molecule has 1 aromatic carbocycles. The summed E-state index contributed by atoms with van der Waals surface area (Å²) in [5.41, 5.74) is 8.31. The third kappa shape index (κ3) is 2.71. The van der Waals surface area contributed by atoms with E-state index in [1.165, 1.54) is 10.9 Å². The van der Waals surface area contributed by atoms with E-state index in [-0.39, 0.29) is 6.04 Å². The lowest BCUT2D eigenvalue weighted by atomic mass is 10.1. The zero-order chi connectivity index (χ0) is 13.0. The fraction of sp³-hybridized carbons (Fsp3) is 0.500. The lowest BCUT2D eigenvalue weighted by molar-refractivity contribution is 0.133. The molecule has 0 aliphatic rings. The van der Waals surface area contributed by atoms with Crippen LogP contribution in [0, 0.1) is 0 Å². The third-order valence-electron chi connectivity index (χ3n) is 3.03. The number of rotatable bonds is 6. The van der Waals surface area contributed by atoms with Crippen molar-refractivity contribution in [2.45, 2.75) is 32.9 Å². The number of hydrogen-bond acceptors (Lipinski definition) is 3. The number of nitrogens with zero attached hydrogens (tertiary/aromatic N) is 2. The molecule has 0 bridgehead atoms. The van der Waals surface area contributed by atoms with Crippen LogP contribution >= 0.6 is 0 Å². The van der Waals surface area contributed by atoms with Gasteiger partial charge in [-0.25, -0.2) is 0 Å². The lowest BCUT2D eigenvalue weighted by Crippen LogP contribution is -2.29. The van der Waals surface area contributed by atoms with Gasteiger partial charge in [0.2, 0.25) is 0 Å². The van der Waals surface area contributed by atoms with Crippen molar-refractivity contribution in [1.82, 2.24) is 9.78 Å². The van der Waals surface area contributed by atoms with Crippen LogP contribution in [0.15, 0.2) is 24.3 Å². The number of aryl methyl sites for hydroxylation is 1. The van der Waals surface area contributed by atoms with Gasteiger partial charge in [0.15, 0.2) is 0 Å². The van der Waals surface area contributed by atoms with Crippen molar-refractivity contribution >= 4 is 10.9 Å².